The fraction of sp³-hybridized carbons (Fsp3) is 0.692. The Kier molecular flexibility index (Phi) is 3.28. The summed E-state index contributed by atoms with van der Waals surface area (Å²) in [6.07, 6.45) is 6.42. The van der Waals surface area contributed by atoms with Crippen LogP contribution in [-0.2, 0) is 0 Å². The van der Waals surface area contributed by atoms with Crippen molar-refractivity contribution in [3.05, 3.63) is 16.5 Å². The minimum absolute atomic E-state index is 0.539. The third-order valence-corrected chi connectivity index (χ3v) is 4.19. The van der Waals surface area contributed by atoms with Gasteiger partial charge in [-0.2, -0.15) is 0 Å². The Hall–Kier alpha value is -0.680. The summed E-state index contributed by atoms with van der Waals surface area (Å²) in [5.74, 6) is 2.28. The minimum Gasteiger partial charge on any atom is -0.388 e. The zero-order chi connectivity index (χ0) is 12.6. The molecule has 18 heavy (non-hydrogen) atoms. The maximum absolute atomic E-state index is 10.3. The van der Waals surface area contributed by atoms with Crippen molar-refractivity contribution in [3.8, 4) is 0 Å². The van der Waals surface area contributed by atoms with Crippen LogP contribution in [-0.4, -0.2) is 27.2 Å². The highest BCUT2D eigenvalue weighted by Crippen LogP contribution is 2.39. The van der Waals surface area contributed by atoms with E-state index in [1.54, 1.807) is 0 Å². The molecule has 0 bridgehead atoms. The Morgan fingerprint density at radius 1 is 1.33 bits per heavy atom. The first-order valence-corrected chi connectivity index (χ1v) is 7.45. The number of halogens is 1. The quantitative estimate of drug-likeness (QED) is 0.840. The minimum atomic E-state index is -0.544. The van der Waals surface area contributed by atoms with Gasteiger partial charge < -0.3 is 10.4 Å². The van der Waals surface area contributed by atoms with Crippen LogP contribution in [0, 0.1) is 0 Å². The Morgan fingerprint density at radius 2 is 2.06 bits per heavy atom. The van der Waals surface area contributed by atoms with Gasteiger partial charge in [-0.25, -0.2) is 9.97 Å². The smallest absolute Gasteiger partial charge is 0.135 e. The predicted octanol–water partition coefficient (Wildman–Crippen LogP) is 2.83. The average Bonchev–Trinajstić information content (AvgIpc) is 3.10. The largest absolute Gasteiger partial charge is 0.388 e. The summed E-state index contributed by atoms with van der Waals surface area (Å²) in [4.78, 5) is 8.92. The van der Waals surface area contributed by atoms with E-state index in [0.717, 1.165) is 41.9 Å². The number of anilines is 1. The second kappa shape index (κ2) is 4.78. The molecule has 2 aliphatic carbocycles. The lowest BCUT2D eigenvalue weighted by molar-refractivity contribution is 0.0614. The van der Waals surface area contributed by atoms with E-state index in [-0.39, 0.29) is 0 Å². The van der Waals surface area contributed by atoms with E-state index in [2.05, 4.69) is 31.2 Å². The number of nitrogens with one attached hydrogen (secondary N) is 1. The van der Waals surface area contributed by atoms with Gasteiger partial charge in [0.05, 0.1) is 5.60 Å². The van der Waals surface area contributed by atoms with Gasteiger partial charge in [-0.15, -0.1) is 0 Å². The molecule has 0 saturated heterocycles. The summed E-state index contributed by atoms with van der Waals surface area (Å²) in [6.45, 7) is 0.584. The van der Waals surface area contributed by atoms with Gasteiger partial charge in [-0.1, -0.05) is 12.8 Å². The van der Waals surface area contributed by atoms with E-state index >= 15 is 0 Å². The second-order valence-corrected chi connectivity index (χ2v) is 6.31. The zero-order valence-corrected chi connectivity index (χ0v) is 11.9. The lowest BCUT2D eigenvalue weighted by Crippen LogP contribution is -2.33. The maximum Gasteiger partial charge on any atom is 0.135 e. The molecule has 1 heterocycles. The first-order chi connectivity index (χ1) is 8.65. The van der Waals surface area contributed by atoms with E-state index < -0.39 is 5.60 Å². The Morgan fingerprint density at radius 3 is 2.72 bits per heavy atom. The monoisotopic (exact) mass is 311 g/mol. The van der Waals surface area contributed by atoms with Gasteiger partial charge in [-0.3, -0.25) is 0 Å². The third kappa shape index (κ3) is 2.83. The van der Waals surface area contributed by atoms with Crippen molar-refractivity contribution in [2.75, 3.05) is 11.9 Å². The van der Waals surface area contributed by atoms with Crippen LogP contribution in [0.5, 0.6) is 0 Å². The molecule has 1 aromatic heterocycles. The first kappa shape index (κ1) is 12.4. The summed E-state index contributed by atoms with van der Waals surface area (Å²) < 4.78 is 0.820. The Labute approximate surface area is 115 Å². The molecular formula is C13H18BrN3O. The summed E-state index contributed by atoms with van der Waals surface area (Å²) in [7, 11) is 0. The molecule has 0 aromatic carbocycles. The van der Waals surface area contributed by atoms with Gasteiger partial charge in [0.2, 0.25) is 0 Å². The van der Waals surface area contributed by atoms with Crippen molar-refractivity contribution in [1.29, 1.82) is 0 Å². The van der Waals surface area contributed by atoms with E-state index in [4.69, 9.17) is 0 Å². The number of aromatic nitrogens is 2. The lowest BCUT2D eigenvalue weighted by Gasteiger charge is -2.22. The number of hydrogen-bond acceptors (Lipinski definition) is 4. The molecular weight excluding hydrogens is 294 g/mol. The molecule has 1 aromatic rings. The van der Waals surface area contributed by atoms with Gasteiger partial charge in [-0.05, 0) is 41.6 Å². The fourth-order valence-electron chi connectivity index (χ4n) is 2.51. The van der Waals surface area contributed by atoms with Crippen LogP contribution in [0.15, 0.2) is 10.7 Å². The summed E-state index contributed by atoms with van der Waals surface area (Å²) in [5.41, 5.74) is -0.544. The van der Waals surface area contributed by atoms with Crippen molar-refractivity contribution >= 4 is 21.7 Å². The second-order valence-electron chi connectivity index (χ2n) is 5.49. The van der Waals surface area contributed by atoms with E-state index in [0.29, 0.717) is 12.5 Å². The zero-order valence-electron chi connectivity index (χ0n) is 10.3. The normalized spacial score (nSPS) is 22.1. The standard InChI is InChI=1S/C13H18BrN3O/c14-10-7-11(17-12(16-10)9-3-4-9)15-8-13(18)5-1-2-6-13/h7,9,18H,1-6,8H2,(H,15,16,17). The summed E-state index contributed by atoms with van der Waals surface area (Å²) in [6, 6.07) is 1.88. The molecule has 2 N–H and O–H groups in total. The molecule has 2 aliphatic rings. The molecule has 2 fully saturated rings. The van der Waals surface area contributed by atoms with Crippen LogP contribution >= 0.6 is 15.9 Å². The van der Waals surface area contributed by atoms with Crippen LogP contribution in [0.4, 0.5) is 5.82 Å². The predicted molar refractivity (Wildman–Crippen MR) is 73.6 cm³/mol. The van der Waals surface area contributed by atoms with Gasteiger partial charge in [0.15, 0.2) is 0 Å². The average molecular weight is 312 g/mol. The van der Waals surface area contributed by atoms with Gasteiger partial charge in [0.25, 0.3) is 0 Å². The van der Waals surface area contributed by atoms with Crippen molar-refractivity contribution in [2.24, 2.45) is 0 Å². The number of rotatable bonds is 4. The lowest BCUT2D eigenvalue weighted by atomic mass is 10.0. The Bertz CT molecular complexity index is 442. The van der Waals surface area contributed by atoms with Crippen molar-refractivity contribution in [1.82, 2.24) is 9.97 Å². The molecule has 0 aliphatic heterocycles. The van der Waals surface area contributed by atoms with Crippen molar-refractivity contribution in [2.45, 2.75) is 50.0 Å². The molecule has 0 unspecified atom stereocenters. The van der Waals surface area contributed by atoms with Crippen LogP contribution in [0.3, 0.4) is 0 Å². The molecule has 5 heteroatoms. The van der Waals surface area contributed by atoms with Crippen LogP contribution in [0.1, 0.15) is 50.3 Å². The molecule has 0 spiro atoms. The number of nitrogens with zero attached hydrogens (tertiary/aromatic N) is 2. The van der Waals surface area contributed by atoms with E-state index in [1.807, 2.05) is 6.07 Å². The number of aliphatic hydroxyl groups is 1. The highest BCUT2D eigenvalue weighted by atomic mass is 79.9. The fourth-order valence-corrected chi connectivity index (χ4v) is 2.91. The SMILES string of the molecule is OC1(CNc2cc(Br)nc(C3CC3)n2)CCCC1. The van der Waals surface area contributed by atoms with Gasteiger partial charge in [0, 0.05) is 18.5 Å². The third-order valence-electron chi connectivity index (χ3n) is 3.79. The molecule has 0 amide bonds. The van der Waals surface area contributed by atoms with Gasteiger partial charge in [0.1, 0.15) is 16.2 Å². The van der Waals surface area contributed by atoms with Crippen LogP contribution in [0.2, 0.25) is 0 Å². The summed E-state index contributed by atoms with van der Waals surface area (Å²) in [5, 5.41) is 13.6. The Balaban J connectivity index is 1.68. The summed E-state index contributed by atoms with van der Waals surface area (Å²) >= 11 is 3.42. The topological polar surface area (TPSA) is 58.0 Å². The molecule has 4 nitrogen and oxygen atoms in total. The van der Waals surface area contributed by atoms with Crippen molar-refractivity contribution in [3.63, 3.8) is 0 Å². The highest BCUT2D eigenvalue weighted by Gasteiger charge is 2.31. The molecule has 0 radical (unpaired) electrons. The molecule has 2 saturated carbocycles. The molecule has 98 valence electrons. The van der Waals surface area contributed by atoms with Crippen molar-refractivity contribution < 1.29 is 5.11 Å². The van der Waals surface area contributed by atoms with Gasteiger partial charge >= 0.3 is 0 Å². The van der Waals surface area contributed by atoms with E-state index in [9.17, 15) is 5.11 Å². The maximum atomic E-state index is 10.3. The molecule has 0 atom stereocenters. The van der Waals surface area contributed by atoms with Crippen LogP contribution in [0.25, 0.3) is 0 Å². The first-order valence-electron chi connectivity index (χ1n) is 6.65. The highest BCUT2D eigenvalue weighted by molar-refractivity contribution is 9.10. The molecule has 3 rings (SSSR count). The van der Waals surface area contributed by atoms with E-state index in [1.165, 1.54) is 12.8 Å². The number of hydrogen-bond donors (Lipinski definition) is 2. The van der Waals surface area contributed by atoms with Crippen LogP contribution < -0.4 is 5.32 Å².